The molecule has 0 saturated heterocycles. The first-order valence-electron chi connectivity index (χ1n) is 4.32. The maximum Gasteiger partial charge on any atom is 0.126 e. The first-order valence-corrected chi connectivity index (χ1v) is 4.69. The minimum absolute atomic E-state index is 0.161. The molecule has 1 saturated carbocycles. The Kier molecular flexibility index (Phi) is 2.38. The van der Waals surface area contributed by atoms with Gasteiger partial charge in [-0.3, -0.25) is 0 Å². The molecule has 2 N–H and O–H groups in total. The van der Waals surface area contributed by atoms with E-state index in [4.69, 9.17) is 11.6 Å². The number of nitrogens with one attached hydrogen (secondary N) is 1. The highest BCUT2D eigenvalue weighted by Crippen LogP contribution is 2.23. The van der Waals surface area contributed by atoms with E-state index in [9.17, 15) is 5.11 Å². The van der Waals surface area contributed by atoms with Gasteiger partial charge in [-0.05, 0) is 25.0 Å². The van der Waals surface area contributed by atoms with Gasteiger partial charge >= 0.3 is 0 Å². The van der Waals surface area contributed by atoms with Crippen LogP contribution in [0.15, 0.2) is 18.3 Å². The van der Waals surface area contributed by atoms with E-state index in [0.717, 1.165) is 18.7 Å². The number of aliphatic hydroxyl groups excluding tert-OH is 1. The summed E-state index contributed by atoms with van der Waals surface area (Å²) in [6.07, 6.45) is 3.25. The smallest absolute Gasteiger partial charge is 0.126 e. The number of nitrogens with zero attached hydrogens (tertiary/aromatic N) is 1. The summed E-state index contributed by atoms with van der Waals surface area (Å²) in [7, 11) is 0. The molecule has 0 aromatic carbocycles. The second-order valence-corrected chi connectivity index (χ2v) is 3.69. The van der Waals surface area contributed by atoms with E-state index in [1.165, 1.54) is 0 Å². The number of anilines is 1. The first kappa shape index (κ1) is 8.78. The summed E-state index contributed by atoms with van der Waals surface area (Å²) in [5.41, 5.74) is 0. The Bertz CT molecular complexity index is 288. The van der Waals surface area contributed by atoms with Crippen LogP contribution in [0.2, 0.25) is 5.02 Å². The van der Waals surface area contributed by atoms with Crippen LogP contribution >= 0.6 is 11.6 Å². The molecule has 0 bridgehead atoms. The van der Waals surface area contributed by atoms with Crippen LogP contribution in [0.3, 0.4) is 0 Å². The summed E-state index contributed by atoms with van der Waals surface area (Å²) < 4.78 is 0. The Balaban J connectivity index is 1.98. The van der Waals surface area contributed by atoms with Crippen molar-refractivity contribution >= 4 is 17.4 Å². The molecule has 2 atom stereocenters. The topological polar surface area (TPSA) is 45.1 Å². The second-order valence-electron chi connectivity index (χ2n) is 3.26. The van der Waals surface area contributed by atoms with Crippen LogP contribution in [0.1, 0.15) is 12.8 Å². The number of hydrogen-bond donors (Lipinski definition) is 2. The zero-order valence-electron chi connectivity index (χ0n) is 7.07. The lowest BCUT2D eigenvalue weighted by atomic mass is 9.89. The normalized spacial score (nSPS) is 26.6. The Morgan fingerprint density at radius 1 is 1.46 bits per heavy atom. The largest absolute Gasteiger partial charge is 0.391 e. The van der Waals surface area contributed by atoms with Crippen molar-refractivity contribution in [2.75, 3.05) is 5.32 Å². The molecule has 2 unspecified atom stereocenters. The lowest BCUT2D eigenvalue weighted by molar-refractivity contribution is 0.0784. The van der Waals surface area contributed by atoms with Gasteiger partial charge in [-0.15, -0.1) is 0 Å². The molecule has 0 radical (unpaired) electrons. The van der Waals surface area contributed by atoms with Gasteiger partial charge in [0.2, 0.25) is 0 Å². The van der Waals surface area contributed by atoms with Crippen LogP contribution in [0.25, 0.3) is 0 Å². The summed E-state index contributed by atoms with van der Waals surface area (Å²) in [6, 6.07) is 3.75. The van der Waals surface area contributed by atoms with E-state index in [0.29, 0.717) is 5.02 Å². The Hall–Kier alpha value is -0.800. The van der Waals surface area contributed by atoms with Crippen LogP contribution in [0.5, 0.6) is 0 Å². The molecule has 3 nitrogen and oxygen atoms in total. The van der Waals surface area contributed by atoms with Gasteiger partial charge in [0, 0.05) is 6.20 Å². The zero-order valence-corrected chi connectivity index (χ0v) is 7.83. The third-order valence-electron chi connectivity index (χ3n) is 2.30. The standard InChI is InChI=1S/C9H11ClN2O/c10-6-1-4-9(11-5-6)12-7-2-3-8(7)13/h1,4-5,7-8,13H,2-3H2,(H,11,12). The molecule has 70 valence electrons. The molecule has 1 fully saturated rings. The number of pyridine rings is 1. The average molecular weight is 199 g/mol. The number of aliphatic hydroxyl groups is 1. The summed E-state index contributed by atoms with van der Waals surface area (Å²) in [6.45, 7) is 0. The van der Waals surface area contributed by atoms with Crippen molar-refractivity contribution in [2.45, 2.75) is 25.0 Å². The maximum absolute atomic E-state index is 9.31. The second kappa shape index (κ2) is 3.52. The van der Waals surface area contributed by atoms with Gasteiger partial charge in [0.25, 0.3) is 0 Å². The number of hydrogen-bond acceptors (Lipinski definition) is 3. The van der Waals surface area contributed by atoms with Gasteiger partial charge in [-0.2, -0.15) is 0 Å². The Morgan fingerprint density at radius 3 is 2.77 bits per heavy atom. The molecule has 0 amide bonds. The fourth-order valence-electron chi connectivity index (χ4n) is 1.30. The number of rotatable bonds is 2. The molecule has 1 aliphatic rings. The van der Waals surface area contributed by atoms with Crippen LogP contribution < -0.4 is 5.32 Å². The lowest BCUT2D eigenvalue weighted by Crippen LogP contribution is -2.42. The van der Waals surface area contributed by atoms with Gasteiger partial charge in [0.15, 0.2) is 0 Å². The van der Waals surface area contributed by atoms with Gasteiger partial charge in [0.1, 0.15) is 5.82 Å². The number of halogens is 1. The van der Waals surface area contributed by atoms with Crippen LogP contribution in [-0.2, 0) is 0 Å². The molecule has 0 spiro atoms. The minimum atomic E-state index is -0.225. The van der Waals surface area contributed by atoms with Crippen molar-refractivity contribution < 1.29 is 5.11 Å². The monoisotopic (exact) mass is 198 g/mol. The molecule has 1 aromatic heterocycles. The average Bonchev–Trinajstić information content (AvgIpc) is 2.15. The Morgan fingerprint density at radius 2 is 2.31 bits per heavy atom. The highest BCUT2D eigenvalue weighted by molar-refractivity contribution is 6.30. The van der Waals surface area contributed by atoms with Crippen molar-refractivity contribution in [3.63, 3.8) is 0 Å². The van der Waals surface area contributed by atoms with Crippen molar-refractivity contribution in [3.05, 3.63) is 23.4 Å². The van der Waals surface area contributed by atoms with Crippen LogP contribution in [0.4, 0.5) is 5.82 Å². The third kappa shape index (κ3) is 1.92. The Labute approximate surface area is 81.8 Å². The van der Waals surface area contributed by atoms with Crippen molar-refractivity contribution in [2.24, 2.45) is 0 Å². The molecular formula is C9H11ClN2O. The van der Waals surface area contributed by atoms with Gasteiger partial charge in [-0.25, -0.2) is 4.98 Å². The van der Waals surface area contributed by atoms with E-state index >= 15 is 0 Å². The first-order chi connectivity index (χ1) is 6.25. The predicted molar refractivity (Wildman–Crippen MR) is 51.9 cm³/mol. The summed E-state index contributed by atoms with van der Waals surface area (Å²) in [4.78, 5) is 4.08. The van der Waals surface area contributed by atoms with E-state index in [-0.39, 0.29) is 12.1 Å². The zero-order chi connectivity index (χ0) is 9.26. The predicted octanol–water partition coefficient (Wildman–Crippen LogP) is 1.67. The van der Waals surface area contributed by atoms with Crippen molar-refractivity contribution in [1.82, 2.24) is 4.98 Å². The number of aromatic nitrogens is 1. The van der Waals surface area contributed by atoms with E-state index < -0.39 is 0 Å². The maximum atomic E-state index is 9.31. The lowest BCUT2D eigenvalue weighted by Gasteiger charge is -2.33. The molecule has 1 heterocycles. The van der Waals surface area contributed by atoms with Crippen molar-refractivity contribution in [1.29, 1.82) is 0 Å². The van der Waals surface area contributed by atoms with E-state index in [2.05, 4.69) is 10.3 Å². The summed E-state index contributed by atoms with van der Waals surface area (Å²) in [5, 5.41) is 13.1. The van der Waals surface area contributed by atoms with Gasteiger partial charge in [-0.1, -0.05) is 11.6 Å². The highest BCUT2D eigenvalue weighted by Gasteiger charge is 2.28. The third-order valence-corrected chi connectivity index (χ3v) is 2.52. The van der Waals surface area contributed by atoms with Gasteiger partial charge < -0.3 is 10.4 Å². The van der Waals surface area contributed by atoms with Crippen LogP contribution in [0, 0.1) is 0 Å². The molecule has 13 heavy (non-hydrogen) atoms. The fraction of sp³-hybridized carbons (Fsp3) is 0.444. The van der Waals surface area contributed by atoms with Gasteiger partial charge in [0.05, 0.1) is 17.2 Å². The van der Waals surface area contributed by atoms with E-state index in [1.54, 1.807) is 12.3 Å². The molecule has 4 heteroatoms. The molecule has 1 aliphatic carbocycles. The summed E-state index contributed by atoms with van der Waals surface area (Å²) >= 11 is 5.69. The minimum Gasteiger partial charge on any atom is -0.391 e. The molecule has 0 aliphatic heterocycles. The van der Waals surface area contributed by atoms with Crippen molar-refractivity contribution in [3.8, 4) is 0 Å². The highest BCUT2D eigenvalue weighted by atomic mass is 35.5. The molecule has 1 aromatic rings. The van der Waals surface area contributed by atoms with Crippen LogP contribution in [-0.4, -0.2) is 22.2 Å². The molecule has 2 rings (SSSR count). The quantitative estimate of drug-likeness (QED) is 0.760. The van der Waals surface area contributed by atoms with E-state index in [1.807, 2.05) is 6.07 Å². The molecular weight excluding hydrogens is 188 g/mol. The summed E-state index contributed by atoms with van der Waals surface area (Å²) in [5.74, 6) is 0.771. The SMILES string of the molecule is OC1CCC1Nc1ccc(Cl)cn1. The fourth-order valence-corrected chi connectivity index (χ4v) is 1.41.